The fourth-order valence-electron chi connectivity index (χ4n) is 2.14. The Labute approximate surface area is 124 Å². The number of benzene rings is 2. The molecular formula is C17H19FN2O. The van der Waals surface area contributed by atoms with Crippen molar-refractivity contribution in [1.29, 1.82) is 0 Å². The summed E-state index contributed by atoms with van der Waals surface area (Å²) in [4.78, 5) is 14.2. The lowest BCUT2D eigenvalue weighted by atomic mass is 10.1. The van der Waals surface area contributed by atoms with E-state index in [0.29, 0.717) is 24.3 Å². The van der Waals surface area contributed by atoms with Crippen LogP contribution in [0.5, 0.6) is 0 Å². The van der Waals surface area contributed by atoms with Crippen LogP contribution < -0.4 is 5.73 Å². The minimum Gasteiger partial charge on any atom is -0.398 e. The van der Waals surface area contributed by atoms with Gasteiger partial charge in [-0.2, -0.15) is 0 Å². The third-order valence-electron chi connectivity index (χ3n) is 3.52. The maximum Gasteiger partial charge on any atom is 0.254 e. The third kappa shape index (κ3) is 3.40. The molecule has 21 heavy (non-hydrogen) atoms. The topological polar surface area (TPSA) is 46.3 Å². The van der Waals surface area contributed by atoms with Gasteiger partial charge in [0.1, 0.15) is 5.82 Å². The smallest absolute Gasteiger partial charge is 0.254 e. The van der Waals surface area contributed by atoms with Crippen molar-refractivity contribution in [2.75, 3.05) is 12.3 Å². The minimum atomic E-state index is -0.450. The Balaban J connectivity index is 2.24. The highest BCUT2D eigenvalue weighted by molar-refractivity contribution is 5.95. The molecule has 0 atom stereocenters. The predicted octanol–water partition coefficient (Wildman–Crippen LogP) is 3.38. The standard InChI is InChI=1S/C17H19FN2O/c1-3-20(11-13-7-5-4-6-8-13)17(21)14-9-15(18)12(2)16(19)10-14/h4-10H,3,11,19H2,1-2H3. The van der Waals surface area contributed by atoms with Crippen LogP contribution in [0.25, 0.3) is 0 Å². The van der Waals surface area contributed by atoms with Crippen molar-refractivity contribution in [3.8, 4) is 0 Å². The van der Waals surface area contributed by atoms with E-state index in [1.165, 1.54) is 12.1 Å². The number of anilines is 1. The van der Waals surface area contributed by atoms with E-state index in [9.17, 15) is 9.18 Å². The molecule has 2 aromatic rings. The number of nitrogens with two attached hydrogens (primary N) is 1. The SMILES string of the molecule is CCN(Cc1ccccc1)C(=O)c1cc(N)c(C)c(F)c1. The first kappa shape index (κ1) is 15.0. The number of hydrogen-bond donors (Lipinski definition) is 1. The van der Waals surface area contributed by atoms with E-state index >= 15 is 0 Å². The Morgan fingerprint density at radius 3 is 2.48 bits per heavy atom. The van der Waals surface area contributed by atoms with Gasteiger partial charge in [0.15, 0.2) is 0 Å². The highest BCUT2D eigenvalue weighted by Gasteiger charge is 2.17. The first-order chi connectivity index (χ1) is 10.0. The zero-order valence-corrected chi connectivity index (χ0v) is 12.3. The zero-order valence-electron chi connectivity index (χ0n) is 12.3. The summed E-state index contributed by atoms with van der Waals surface area (Å²) in [5.41, 5.74) is 7.74. The van der Waals surface area contributed by atoms with E-state index in [1.807, 2.05) is 37.3 Å². The summed E-state index contributed by atoms with van der Waals surface area (Å²) in [5, 5.41) is 0. The van der Waals surface area contributed by atoms with E-state index in [1.54, 1.807) is 11.8 Å². The van der Waals surface area contributed by atoms with Crippen molar-refractivity contribution in [2.24, 2.45) is 0 Å². The van der Waals surface area contributed by atoms with Crippen molar-refractivity contribution in [1.82, 2.24) is 4.90 Å². The van der Waals surface area contributed by atoms with Gasteiger partial charge in [-0.3, -0.25) is 4.79 Å². The van der Waals surface area contributed by atoms with Gasteiger partial charge in [0.05, 0.1) is 0 Å². The van der Waals surface area contributed by atoms with Crippen molar-refractivity contribution in [3.05, 3.63) is 65.0 Å². The molecule has 0 spiro atoms. The number of amides is 1. The highest BCUT2D eigenvalue weighted by atomic mass is 19.1. The number of hydrogen-bond acceptors (Lipinski definition) is 2. The van der Waals surface area contributed by atoms with Gasteiger partial charge in [-0.05, 0) is 31.5 Å². The second-order valence-corrected chi connectivity index (χ2v) is 4.98. The Hall–Kier alpha value is -2.36. The molecule has 0 aliphatic carbocycles. The van der Waals surface area contributed by atoms with Crippen LogP contribution in [0.2, 0.25) is 0 Å². The van der Waals surface area contributed by atoms with Gasteiger partial charge in [-0.1, -0.05) is 30.3 Å². The van der Waals surface area contributed by atoms with Crippen LogP contribution in [-0.2, 0) is 6.54 Å². The minimum absolute atomic E-state index is 0.216. The van der Waals surface area contributed by atoms with Crippen LogP contribution in [0, 0.1) is 12.7 Å². The number of nitrogens with zero attached hydrogens (tertiary/aromatic N) is 1. The van der Waals surface area contributed by atoms with Crippen LogP contribution in [0.4, 0.5) is 10.1 Å². The van der Waals surface area contributed by atoms with Crippen LogP contribution in [0.15, 0.2) is 42.5 Å². The number of rotatable bonds is 4. The van der Waals surface area contributed by atoms with Crippen molar-refractivity contribution in [3.63, 3.8) is 0 Å². The maximum absolute atomic E-state index is 13.7. The van der Waals surface area contributed by atoms with Gasteiger partial charge in [-0.25, -0.2) is 4.39 Å². The van der Waals surface area contributed by atoms with E-state index in [-0.39, 0.29) is 11.5 Å². The Morgan fingerprint density at radius 2 is 1.90 bits per heavy atom. The Kier molecular flexibility index (Phi) is 4.58. The predicted molar refractivity (Wildman–Crippen MR) is 82.4 cm³/mol. The van der Waals surface area contributed by atoms with Crippen LogP contribution in [-0.4, -0.2) is 17.4 Å². The molecule has 0 heterocycles. The molecule has 1 amide bonds. The molecule has 0 saturated heterocycles. The summed E-state index contributed by atoms with van der Waals surface area (Å²) in [6, 6.07) is 12.5. The second-order valence-electron chi connectivity index (χ2n) is 4.98. The monoisotopic (exact) mass is 286 g/mol. The molecule has 0 aromatic heterocycles. The third-order valence-corrected chi connectivity index (χ3v) is 3.52. The van der Waals surface area contributed by atoms with Gasteiger partial charge in [0, 0.05) is 29.9 Å². The van der Waals surface area contributed by atoms with Gasteiger partial charge < -0.3 is 10.6 Å². The summed E-state index contributed by atoms with van der Waals surface area (Å²) < 4.78 is 13.7. The highest BCUT2D eigenvalue weighted by Crippen LogP contribution is 2.19. The summed E-state index contributed by atoms with van der Waals surface area (Å²) in [6.45, 7) is 4.53. The fourth-order valence-corrected chi connectivity index (χ4v) is 2.14. The quantitative estimate of drug-likeness (QED) is 0.876. The number of carbonyl (C=O) groups is 1. The molecule has 0 unspecified atom stereocenters. The van der Waals surface area contributed by atoms with Gasteiger partial charge >= 0.3 is 0 Å². The van der Waals surface area contributed by atoms with Crippen molar-refractivity contribution < 1.29 is 9.18 Å². The van der Waals surface area contributed by atoms with E-state index in [2.05, 4.69) is 0 Å². The lowest BCUT2D eigenvalue weighted by Crippen LogP contribution is -2.30. The molecule has 0 aliphatic heterocycles. The summed E-state index contributed by atoms with van der Waals surface area (Å²) in [5.74, 6) is -0.666. The fraction of sp³-hybridized carbons (Fsp3) is 0.235. The molecular weight excluding hydrogens is 267 g/mol. The van der Waals surface area contributed by atoms with E-state index in [4.69, 9.17) is 5.73 Å². The van der Waals surface area contributed by atoms with Crippen LogP contribution in [0.3, 0.4) is 0 Å². The molecule has 2 N–H and O–H groups in total. The molecule has 110 valence electrons. The summed E-state index contributed by atoms with van der Waals surface area (Å²) >= 11 is 0. The molecule has 2 aromatic carbocycles. The first-order valence-electron chi connectivity index (χ1n) is 6.91. The molecule has 0 bridgehead atoms. The largest absolute Gasteiger partial charge is 0.398 e. The molecule has 0 fully saturated rings. The Bertz CT molecular complexity index is 617. The molecule has 0 saturated carbocycles. The van der Waals surface area contributed by atoms with E-state index in [0.717, 1.165) is 5.56 Å². The van der Waals surface area contributed by atoms with Gasteiger partial charge in [0.2, 0.25) is 0 Å². The molecule has 4 heteroatoms. The van der Waals surface area contributed by atoms with Crippen molar-refractivity contribution in [2.45, 2.75) is 20.4 Å². The average molecular weight is 286 g/mol. The van der Waals surface area contributed by atoms with Gasteiger partial charge in [-0.15, -0.1) is 0 Å². The number of nitrogen functional groups attached to an aromatic ring is 1. The summed E-state index contributed by atoms with van der Waals surface area (Å²) in [7, 11) is 0. The number of carbonyl (C=O) groups excluding carboxylic acids is 1. The van der Waals surface area contributed by atoms with Crippen LogP contribution >= 0.6 is 0 Å². The van der Waals surface area contributed by atoms with Gasteiger partial charge in [0.25, 0.3) is 5.91 Å². The maximum atomic E-state index is 13.7. The lowest BCUT2D eigenvalue weighted by Gasteiger charge is -2.21. The molecule has 3 nitrogen and oxygen atoms in total. The number of halogens is 1. The summed E-state index contributed by atoms with van der Waals surface area (Å²) in [6.07, 6.45) is 0. The average Bonchev–Trinajstić information content (AvgIpc) is 2.50. The normalized spacial score (nSPS) is 10.4. The lowest BCUT2D eigenvalue weighted by molar-refractivity contribution is 0.0752. The molecule has 2 rings (SSSR count). The molecule has 0 aliphatic rings. The van der Waals surface area contributed by atoms with Crippen molar-refractivity contribution >= 4 is 11.6 Å². The zero-order chi connectivity index (χ0) is 15.4. The van der Waals surface area contributed by atoms with E-state index < -0.39 is 5.82 Å². The first-order valence-corrected chi connectivity index (χ1v) is 6.91. The Morgan fingerprint density at radius 1 is 1.24 bits per heavy atom. The van der Waals surface area contributed by atoms with Crippen LogP contribution in [0.1, 0.15) is 28.4 Å². The molecule has 0 radical (unpaired) electrons. The second kappa shape index (κ2) is 6.39.